The molecule has 2 aromatic rings. The van der Waals surface area contributed by atoms with E-state index >= 15 is 0 Å². The molecule has 0 aromatic heterocycles. The summed E-state index contributed by atoms with van der Waals surface area (Å²) in [6.45, 7) is 0. The molecule has 0 radical (unpaired) electrons. The zero-order chi connectivity index (χ0) is 13.9. The van der Waals surface area contributed by atoms with E-state index in [1.807, 2.05) is 18.2 Å². The monoisotopic (exact) mass is 272 g/mol. The molecule has 0 amide bonds. The Morgan fingerprint density at radius 3 is 2.75 bits per heavy atom. The van der Waals surface area contributed by atoms with Crippen LogP contribution in [-0.2, 0) is 6.42 Å². The van der Waals surface area contributed by atoms with Crippen molar-refractivity contribution in [3.05, 3.63) is 65.5 Å². The number of hydrogen-bond acceptors (Lipinski definition) is 2. The fourth-order valence-corrected chi connectivity index (χ4v) is 2.64. The van der Waals surface area contributed by atoms with E-state index in [2.05, 4.69) is 12.1 Å². The van der Waals surface area contributed by atoms with Crippen LogP contribution < -0.4 is 4.74 Å². The van der Waals surface area contributed by atoms with Crippen molar-refractivity contribution in [2.45, 2.75) is 31.5 Å². The van der Waals surface area contributed by atoms with Gasteiger partial charge in [0.2, 0.25) is 0 Å². The number of halogens is 1. The summed E-state index contributed by atoms with van der Waals surface area (Å²) in [4.78, 5) is 0. The molecule has 1 N–H and O–H groups in total. The molecule has 20 heavy (non-hydrogen) atoms. The van der Waals surface area contributed by atoms with Gasteiger partial charge < -0.3 is 9.84 Å². The smallest absolute Gasteiger partial charge is 0.125 e. The summed E-state index contributed by atoms with van der Waals surface area (Å²) in [5.74, 6) is 0.261. The van der Waals surface area contributed by atoms with Gasteiger partial charge in [-0.1, -0.05) is 30.3 Å². The molecule has 0 saturated carbocycles. The highest BCUT2D eigenvalue weighted by Gasteiger charge is 2.26. The molecule has 2 nitrogen and oxygen atoms in total. The molecule has 1 heterocycles. The molecular formula is C17H17FO2. The van der Waals surface area contributed by atoms with E-state index < -0.39 is 6.10 Å². The lowest BCUT2D eigenvalue weighted by atomic mass is 9.95. The minimum Gasteiger partial charge on any atom is -0.490 e. The summed E-state index contributed by atoms with van der Waals surface area (Å²) < 4.78 is 19.0. The van der Waals surface area contributed by atoms with Crippen LogP contribution in [0.1, 0.15) is 30.1 Å². The maximum Gasteiger partial charge on any atom is 0.125 e. The molecule has 2 atom stereocenters. The van der Waals surface area contributed by atoms with E-state index in [0.29, 0.717) is 17.7 Å². The van der Waals surface area contributed by atoms with E-state index in [1.54, 1.807) is 6.07 Å². The van der Waals surface area contributed by atoms with Gasteiger partial charge in [-0.2, -0.15) is 0 Å². The van der Waals surface area contributed by atoms with Crippen molar-refractivity contribution < 1.29 is 14.2 Å². The Kier molecular flexibility index (Phi) is 3.70. The second kappa shape index (κ2) is 5.63. The first-order valence-corrected chi connectivity index (χ1v) is 6.90. The van der Waals surface area contributed by atoms with Crippen LogP contribution in [0.25, 0.3) is 0 Å². The second-order valence-electron chi connectivity index (χ2n) is 5.20. The topological polar surface area (TPSA) is 29.5 Å². The van der Waals surface area contributed by atoms with E-state index in [9.17, 15) is 9.50 Å². The highest BCUT2D eigenvalue weighted by molar-refractivity contribution is 5.37. The summed E-state index contributed by atoms with van der Waals surface area (Å²) in [6.07, 6.45) is 1.61. The highest BCUT2D eigenvalue weighted by Crippen LogP contribution is 2.36. The summed E-state index contributed by atoms with van der Waals surface area (Å²) in [5, 5.41) is 10.1. The van der Waals surface area contributed by atoms with E-state index in [4.69, 9.17) is 4.74 Å². The second-order valence-corrected chi connectivity index (χ2v) is 5.20. The van der Waals surface area contributed by atoms with Gasteiger partial charge in [0.05, 0.1) is 6.10 Å². The first-order valence-electron chi connectivity index (χ1n) is 6.90. The lowest BCUT2D eigenvalue weighted by molar-refractivity contribution is 0.0616. The predicted molar refractivity (Wildman–Crippen MR) is 75.2 cm³/mol. The molecule has 104 valence electrons. The number of hydrogen-bond donors (Lipinski definition) is 1. The van der Waals surface area contributed by atoms with E-state index in [1.165, 1.54) is 17.7 Å². The number of aliphatic hydroxyl groups excluding tert-OH is 1. The van der Waals surface area contributed by atoms with Gasteiger partial charge in [0.15, 0.2) is 0 Å². The van der Waals surface area contributed by atoms with Crippen molar-refractivity contribution in [1.29, 1.82) is 0 Å². The summed E-state index contributed by atoms with van der Waals surface area (Å²) in [5.41, 5.74) is 1.82. The van der Waals surface area contributed by atoms with Crippen molar-refractivity contribution >= 4 is 0 Å². The fraction of sp³-hybridized carbons (Fsp3) is 0.294. The molecule has 1 unspecified atom stereocenters. The first kappa shape index (κ1) is 13.1. The zero-order valence-corrected chi connectivity index (χ0v) is 11.1. The van der Waals surface area contributed by atoms with Gasteiger partial charge in [-0.25, -0.2) is 4.39 Å². The van der Waals surface area contributed by atoms with Crippen molar-refractivity contribution in [1.82, 2.24) is 0 Å². The fourth-order valence-electron chi connectivity index (χ4n) is 2.64. The van der Waals surface area contributed by atoms with Crippen LogP contribution in [0.15, 0.2) is 48.5 Å². The molecule has 0 bridgehead atoms. The Labute approximate surface area is 117 Å². The number of benzene rings is 2. The Hall–Kier alpha value is -1.87. The van der Waals surface area contributed by atoms with Gasteiger partial charge >= 0.3 is 0 Å². The first-order chi connectivity index (χ1) is 9.72. The molecule has 3 rings (SSSR count). The molecule has 3 heteroatoms. The van der Waals surface area contributed by atoms with Crippen LogP contribution >= 0.6 is 0 Å². The Morgan fingerprint density at radius 2 is 1.95 bits per heavy atom. The van der Waals surface area contributed by atoms with Gasteiger partial charge in [0.1, 0.15) is 17.7 Å². The van der Waals surface area contributed by atoms with Crippen molar-refractivity contribution in [2.75, 3.05) is 0 Å². The van der Waals surface area contributed by atoms with Gasteiger partial charge in [-0.15, -0.1) is 0 Å². The largest absolute Gasteiger partial charge is 0.490 e. The third kappa shape index (κ3) is 2.83. The summed E-state index contributed by atoms with van der Waals surface area (Å²) >= 11 is 0. The van der Waals surface area contributed by atoms with Gasteiger partial charge in [0, 0.05) is 12.0 Å². The summed E-state index contributed by atoms with van der Waals surface area (Å²) in [6, 6.07) is 14.5. The van der Waals surface area contributed by atoms with Crippen LogP contribution in [-0.4, -0.2) is 11.2 Å². The lowest BCUT2D eigenvalue weighted by Crippen LogP contribution is -2.26. The highest BCUT2D eigenvalue weighted by atomic mass is 19.1. The van der Waals surface area contributed by atoms with Crippen LogP contribution in [0.2, 0.25) is 0 Å². The predicted octanol–water partition coefficient (Wildman–Crippen LogP) is 3.64. The van der Waals surface area contributed by atoms with E-state index in [0.717, 1.165) is 12.8 Å². The standard InChI is InChI=1S/C17H17FO2/c18-13-7-9-17-15(10-13)16(19)11-14(20-17)8-6-12-4-2-1-3-5-12/h1-5,7,9-10,14,16,19H,6,8,11H2/t14?,16-/m0/s1. The Balaban J connectivity index is 1.67. The quantitative estimate of drug-likeness (QED) is 0.924. The van der Waals surface area contributed by atoms with Crippen LogP contribution in [0.5, 0.6) is 5.75 Å². The number of aryl methyl sites for hydroxylation is 1. The number of fused-ring (bicyclic) bond motifs is 1. The van der Waals surface area contributed by atoms with Crippen LogP contribution in [0.3, 0.4) is 0 Å². The van der Waals surface area contributed by atoms with Gasteiger partial charge in [0.25, 0.3) is 0 Å². The minimum absolute atomic E-state index is 0.0248. The van der Waals surface area contributed by atoms with Gasteiger partial charge in [-0.05, 0) is 36.6 Å². The number of rotatable bonds is 3. The van der Waals surface area contributed by atoms with Crippen molar-refractivity contribution in [3.8, 4) is 5.75 Å². The zero-order valence-electron chi connectivity index (χ0n) is 11.1. The van der Waals surface area contributed by atoms with Crippen molar-refractivity contribution in [3.63, 3.8) is 0 Å². The molecule has 0 spiro atoms. The van der Waals surface area contributed by atoms with E-state index in [-0.39, 0.29) is 11.9 Å². The third-order valence-electron chi connectivity index (χ3n) is 3.71. The van der Waals surface area contributed by atoms with Crippen molar-refractivity contribution in [2.24, 2.45) is 0 Å². The molecule has 0 saturated heterocycles. The number of aliphatic hydroxyl groups is 1. The average molecular weight is 272 g/mol. The molecule has 1 aliphatic heterocycles. The molecule has 0 aliphatic carbocycles. The summed E-state index contributed by atoms with van der Waals surface area (Å²) in [7, 11) is 0. The molecular weight excluding hydrogens is 255 g/mol. The van der Waals surface area contributed by atoms with Gasteiger partial charge in [-0.3, -0.25) is 0 Å². The van der Waals surface area contributed by atoms with Crippen LogP contribution in [0.4, 0.5) is 4.39 Å². The lowest BCUT2D eigenvalue weighted by Gasteiger charge is -2.29. The Morgan fingerprint density at radius 1 is 1.15 bits per heavy atom. The molecule has 2 aromatic carbocycles. The molecule has 0 fully saturated rings. The average Bonchev–Trinajstić information content (AvgIpc) is 2.47. The Bertz CT molecular complexity index is 583. The third-order valence-corrected chi connectivity index (χ3v) is 3.71. The maximum atomic E-state index is 13.2. The minimum atomic E-state index is -0.643. The SMILES string of the molecule is O[C@H]1CC(CCc2ccccc2)Oc2ccc(F)cc21. The van der Waals surface area contributed by atoms with Crippen LogP contribution in [0, 0.1) is 5.82 Å². The number of ether oxygens (including phenoxy) is 1. The normalized spacial score (nSPS) is 21.1. The molecule has 1 aliphatic rings. The maximum absolute atomic E-state index is 13.2.